The second kappa shape index (κ2) is 8.81. The van der Waals surface area contributed by atoms with E-state index in [0.29, 0.717) is 15.0 Å². The fraction of sp³-hybridized carbons (Fsp3) is 0.294. The highest BCUT2D eigenvalue weighted by atomic mass is 32.2. The lowest BCUT2D eigenvalue weighted by Crippen LogP contribution is -2.46. The number of rotatable bonds is 7. The molecule has 2 rings (SSSR count). The van der Waals surface area contributed by atoms with E-state index < -0.39 is 17.9 Å². The SMILES string of the molecule is COc1ccc(/C=C2/SC(=S)N(CCC(=O)N[C@H](C)C(=O)[O-])C2=O)cc1. The molecule has 26 heavy (non-hydrogen) atoms. The molecule has 1 saturated heterocycles. The zero-order valence-electron chi connectivity index (χ0n) is 14.2. The minimum Gasteiger partial charge on any atom is -0.548 e. The number of thiocarbonyl (C=S) groups is 1. The second-order valence-electron chi connectivity index (χ2n) is 5.46. The predicted molar refractivity (Wildman–Crippen MR) is 100 cm³/mol. The van der Waals surface area contributed by atoms with Gasteiger partial charge in [0, 0.05) is 13.0 Å². The Hall–Kier alpha value is -2.39. The summed E-state index contributed by atoms with van der Waals surface area (Å²) in [6, 6.07) is 6.12. The minimum absolute atomic E-state index is 0.0557. The number of hydrogen-bond acceptors (Lipinski definition) is 7. The maximum Gasteiger partial charge on any atom is 0.266 e. The van der Waals surface area contributed by atoms with Crippen LogP contribution in [0.3, 0.4) is 0 Å². The van der Waals surface area contributed by atoms with Gasteiger partial charge in [-0.05, 0) is 30.7 Å². The number of aliphatic carboxylic acids is 1. The molecule has 9 heteroatoms. The van der Waals surface area contributed by atoms with E-state index in [-0.39, 0.29) is 18.9 Å². The maximum atomic E-state index is 12.5. The van der Waals surface area contributed by atoms with Gasteiger partial charge in [-0.15, -0.1) is 0 Å². The van der Waals surface area contributed by atoms with Crippen LogP contribution in [-0.2, 0) is 14.4 Å². The molecule has 138 valence electrons. The first-order valence-corrected chi connectivity index (χ1v) is 8.94. The Morgan fingerprint density at radius 3 is 2.62 bits per heavy atom. The number of thioether (sulfide) groups is 1. The van der Waals surface area contributed by atoms with Gasteiger partial charge in [0.25, 0.3) is 5.91 Å². The van der Waals surface area contributed by atoms with Crippen molar-refractivity contribution in [3.05, 3.63) is 34.7 Å². The maximum absolute atomic E-state index is 12.5. The summed E-state index contributed by atoms with van der Waals surface area (Å²) in [5.41, 5.74) is 0.826. The highest BCUT2D eigenvalue weighted by Gasteiger charge is 2.32. The second-order valence-corrected chi connectivity index (χ2v) is 7.14. The quantitative estimate of drug-likeness (QED) is 0.533. The lowest BCUT2D eigenvalue weighted by molar-refractivity contribution is -0.307. The van der Waals surface area contributed by atoms with Crippen molar-refractivity contribution in [1.82, 2.24) is 10.2 Å². The average Bonchev–Trinajstić information content (AvgIpc) is 2.87. The molecule has 1 aromatic carbocycles. The van der Waals surface area contributed by atoms with E-state index in [4.69, 9.17) is 17.0 Å². The van der Waals surface area contributed by atoms with E-state index >= 15 is 0 Å². The van der Waals surface area contributed by atoms with Crippen LogP contribution in [-0.4, -0.2) is 46.7 Å². The van der Waals surface area contributed by atoms with Crippen LogP contribution in [0.25, 0.3) is 6.08 Å². The van der Waals surface area contributed by atoms with Gasteiger partial charge in [0.05, 0.1) is 24.0 Å². The number of methoxy groups -OCH3 is 1. The number of carboxylic acid groups (broad SMARTS) is 1. The molecule has 0 bridgehead atoms. The fourth-order valence-electron chi connectivity index (χ4n) is 2.13. The summed E-state index contributed by atoms with van der Waals surface area (Å²) in [5.74, 6) is -1.43. The number of carbonyl (C=O) groups excluding carboxylic acids is 3. The van der Waals surface area contributed by atoms with Crippen molar-refractivity contribution in [2.24, 2.45) is 0 Å². The van der Waals surface area contributed by atoms with Crippen LogP contribution in [0.1, 0.15) is 18.9 Å². The summed E-state index contributed by atoms with van der Waals surface area (Å²) in [6.07, 6.45) is 1.66. The first-order chi connectivity index (χ1) is 12.3. The van der Waals surface area contributed by atoms with Crippen molar-refractivity contribution >= 4 is 52.2 Å². The molecule has 1 aliphatic rings. The first-order valence-electron chi connectivity index (χ1n) is 7.71. The van der Waals surface area contributed by atoms with Gasteiger partial charge in [0.1, 0.15) is 10.1 Å². The summed E-state index contributed by atoms with van der Waals surface area (Å²) < 4.78 is 5.45. The van der Waals surface area contributed by atoms with E-state index in [9.17, 15) is 19.5 Å². The highest BCUT2D eigenvalue weighted by Crippen LogP contribution is 2.32. The molecule has 0 spiro atoms. The van der Waals surface area contributed by atoms with Crippen LogP contribution in [0.15, 0.2) is 29.2 Å². The van der Waals surface area contributed by atoms with Crippen LogP contribution in [0.4, 0.5) is 0 Å². The van der Waals surface area contributed by atoms with E-state index in [0.717, 1.165) is 17.3 Å². The van der Waals surface area contributed by atoms with Crippen molar-refractivity contribution in [1.29, 1.82) is 0 Å². The van der Waals surface area contributed by atoms with Gasteiger partial charge in [-0.1, -0.05) is 36.1 Å². The van der Waals surface area contributed by atoms with E-state index in [1.54, 1.807) is 25.3 Å². The molecule has 1 aromatic rings. The monoisotopic (exact) mass is 393 g/mol. The smallest absolute Gasteiger partial charge is 0.266 e. The summed E-state index contributed by atoms with van der Waals surface area (Å²) in [7, 11) is 1.57. The topological polar surface area (TPSA) is 98.8 Å². The molecule has 0 unspecified atom stereocenters. The third-order valence-corrected chi connectivity index (χ3v) is 4.96. The average molecular weight is 393 g/mol. The van der Waals surface area contributed by atoms with Gasteiger partial charge in [-0.2, -0.15) is 0 Å². The number of hydrogen-bond donors (Lipinski definition) is 1. The standard InChI is InChI=1S/C17H18N2O5S2/c1-10(16(22)23)18-14(20)7-8-19-15(21)13(26-17(19)25)9-11-3-5-12(24-2)6-4-11/h3-6,9-10H,7-8H2,1-2H3,(H,18,20)(H,22,23)/p-1/b13-9+/t10-/m1/s1. The van der Waals surface area contributed by atoms with Gasteiger partial charge in [0.2, 0.25) is 5.91 Å². The van der Waals surface area contributed by atoms with Crippen LogP contribution in [0, 0.1) is 0 Å². The Morgan fingerprint density at radius 2 is 2.04 bits per heavy atom. The molecule has 0 aliphatic carbocycles. The van der Waals surface area contributed by atoms with Crippen molar-refractivity contribution in [3.63, 3.8) is 0 Å². The van der Waals surface area contributed by atoms with Gasteiger partial charge >= 0.3 is 0 Å². The molecule has 0 radical (unpaired) electrons. The number of nitrogens with one attached hydrogen (secondary N) is 1. The molecular formula is C17H17N2O5S2-. The minimum atomic E-state index is -1.37. The van der Waals surface area contributed by atoms with Gasteiger partial charge < -0.3 is 20.0 Å². The van der Waals surface area contributed by atoms with Crippen LogP contribution >= 0.6 is 24.0 Å². The first kappa shape index (κ1) is 19.9. The van der Waals surface area contributed by atoms with E-state index in [1.807, 2.05) is 12.1 Å². The Morgan fingerprint density at radius 1 is 1.38 bits per heavy atom. The molecule has 1 fully saturated rings. The van der Waals surface area contributed by atoms with Crippen LogP contribution < -0.4 is 15.2 Å². The Balaban J connectivity index is 1.98. The number of amides is 2. The molecule has 2 amide bonds. The van der Waals surface area contributed by atoms with Crippen molar-refractivity contribution in [2.45, 2.75) is 19.4 Å². The molecule has 0 aromatic heterocycles. The zero-order valence-corrected chi connectivity index (χ0v) is 15.8. The number of carbonyl (C=O) groups is 3. The number of benzene rings is 1. The van der Waals surface area contributed by atoms with Crippen molar-refractivity contribution < 1.29 is 24.2 Å². The zero-order chi connectivity index (χ0) is 19.3. The van der Waals surface area contributed by atoms with Crippen molar-refractivity contribution in [3.8, 4) is 5.75 Å². The lowest BCUT2D eigenvalue weighted by atomic mass is 10.2. The van der Waals surface area contributed by atoms with Crippen molar-refractivity contribution in [2.75, 3.05) is 13.7 Å². The van der Waals surface area contributed by atoms with Crippen LogP contribution in [0.2, 0.25) is 0 Å². The molecule has 1 aliphatic heterocycles. The van der Waals surface area contributed by atoms with Crippen LogP contribution in [0.5, 0.6) is 5.75 Å². The third-order valence-electron chi connectivity index (χ3n) is 3.58. The molecule has 1 atom stereocenters. The fourth-order valence-corrected chi connectivity index (χ4v) is 3.44. The van der Waals surface area contributed by atoms with Gasteiger partial charge in [0.15, 0.2) is 0 Å². The van der Waals surface area contributed by atoms with E-state index in [2.05, 4.69) is 5.32 Å². The van der Waals surface area contributed by atoms with E-state index in [1.165, 1.54) is 11.8 Å². The third kappa shape index (κ3) is 5.06. The number of nitrogens with zero attached hydrogens (tertiary/aromatic N) is 1. The summed E-state index contributed by atoms with van der Waals surface area (Å²) in [4.78, 5) is 36.6. The normalized spacial score (nSPS) is 16.7. The summed E-state index contributed by atoms with van der Waals surface area (Å²) in [5, 5.41) is 12.9. The van der Waals surface area contributed by atoms with Gasteiger partial charge in [-0.3, -0.25) is 14.5 Å². The lowest BCUT2D eigenvalue weighted by Gasteiger charge is -2.17. The summed E-state index contributed by atoms with van der Waals surface area (Å²) in [6.45, 7) is 1.39. The molecule has 1 heterocycles. The Labute approximate surface area is 160 Å². The number of ether oxygens (including phenoxy) is 1. The summed E-state index contributed by atoms with van der Waals surface area (Å²) >= 11 is 6.36. The number of carboxylic acids is 1. The molecule has 7 nitrogen and oxygen atoms in total. The predicted octanol–water partition coefficient (Wildman–Crippen LogP) is 0.541. The Bertz CT molecular complexity index is 761. The largest absolute Gasteiger partial charge is 0.548 e. The molecular weight excluding hydrogens is 376 g/mol. The Kier molecular flexibility index (Phi) is 6.76. The molecule has 0 saturated carbocycles. The molecule has 1 N–H and O–H groups in total. The highest BCUT2D eigenvalue weighted by molar-refractivity contribution is 8.26. The van der Waals surface area contributed by atoms with Gasteiger partial charge in [-0.25, -0.2) is 0 Å².